The number of rotatable bonds is 3. The molecule has 2 rings (SSSR count). The molecule has 0 amide bonds. The smallest absolute Gasteiger partial charge is 0.0378 e. The van der Waals surface area contributed by atoms with Gasteiger partial charge in [-0.15, -0.1) is 0 Å². The third kappa shape index (κ3) is 3.05. The standard InChI is InChI=1S/C13H14BrN3/c14-11-3-1-2-9(6-11)13(16)7-10-8-17-5-4-12(10)15/h1-6,8,13H,7,16H2,(H2,15,17). The van der Waals surface area contributed by atoms with Crippen molar-refractivity contribution < 1.29 is 0 Å². The lowest BCUT2D eigenvalue weighted by Crippen LogP contribution is -2.14. The second kappa shape index (κ2) is 5.29. The summed E-state index contributed by atoms with van der Waals surface area (Å²) in [4.78, 5) is 4.06. The highest BCUT2D eigenvalue weighted by molar-refractivity contribution is 9.10. The fraction of sp³-hybridized carbons (Fsp3) is 0.154. The zero-order chi connectivity index (χ0) is 12.3. The normalized spacial score (nSPS) is 12.4. The lowest BCUT2D eigenvalue weighted by Gasteiger charge is -2.13. The van der Waals surface area contributed by atoms with E-state index in [9.17, 15) is 0 Å². The van der Waals surface area contributed by atoms with Gasteiger partial charge < -0.3 is 11.5 Å². The molecule has 0 saturated heterocycles. The Morgan fingerprint density at radius 1 is 1.29 bits per heavy atom. The van der Waals surface area contributed by atoms with Crippen LogP contribution in [0.2, 0.25) is 0 Å². The van der Waals surface area contributed by atoms with Crippen LogP contribution in [0.25, 0.3) is 0 Å². The van der Waals surface area contributed by atoms with E-state index >= 15 is 0 Å². The van der Waals surface area contributed by atoms with Crippen molar-refractivity contribution in [3.05, 3.63) is 58.3 Å². The van der Waals surface area contributed by atoms with Gasteiger partial charge in [-0.3, -0.25) is 4.98 Å². The van der Waals surface area contributed by atoms with E-state index in [0.29, 0.717) is 6.42 Å². The zero-order valence-corrected chi connectivity index (χ0v) is 10.9. The van der Waals surface area contributed by atoms with Crippen molar-refractivity contribution in [2.24, 2.45) is 5.73 Å². The van der Waals surface area contributed by atoms with Crippen LogP contribution in [0.4, 0.5) is 5.69 Å². The summed E-state index contributed by atoms with van der Waals surface area (Å²) in [5, 5.41) is 0. The lowest BCUT2D eigenvalue weighted by atomic mass is 10.00. The van der Waals surface area contributed by atoms with E-state index in [1.807, 2.05) is 24.3 Å². The fourth-order valence-electron chi connectivity index (χ4n) is 1.70. The van der Waals surface area contributed by atoms with Crippen LogP contribution in [0.1, 0.15) is 17.2 Å². The number of aromatic nitrogens is 1. The van der Waals surface area contributed by atoms with Gasteiger partial charge in [0.15, 0.2) is 0 Å². The van der Waals surface area contributed by atoms with Gasteiger partial charge in [-0.2, -0.15) is 0 Å². The summed E-state index contributed by atoms with van der Waals surface area (Å²) in [7, 11) is 0. The highest BCUT2D eigenvalue weighted by Crippen LogP contribution is 2.21. The second-order valence-corrected chi connectivity index (χ2v) is 4.86. The lowest BCUT2D eigenvalue weighted by molar-refractivity contribution is 0.720. The quantitative estimate of drug-likeness (QED) is 0.914. The maximum atomic E-state index is 6.16. The number of nitrogen functional groups attached to an aromatic ring is 1. The zero-order valence-electron chi connectivity index (χ0n) is 9.31. The fourth-order valence-corrected chi connectivity index (χ4v) is 2.12. The first kappa shape index (κ1) is 12.1. The molecule has 0 aliphatic rings. The maximum absolute atomic E-state index is 6.16. The first-order valence-corrected chi connectivity index (χ1v) is 6.15. The number of benzene rings is 1. The van der Waals surface area contributed by atoms with Crippen LogP contribution in [0.3, 0.4) is 0 Å². The second-order valence-electron chi connectivity index (χ2n) is 3.94. The Balaban J connectivity index is 2.17. The van der Waals surface area contributed by atoms with E-state index in [1.54, 1.807) is 18.5 Å². The van der Waals surface area contributed by atoms with Crippen molar-refractivity contribution >= 4 is 21.6 Å². The average molecular weight is 292 g/mol. The Hall–Kier alpha value is -1.39. The predicted molar refractivity (Wildman–Crippen MR) is 73.4 cm³/mol. The summed E-state index contributed by atoms with van der Waals surface area (Å²) in [5.41, 5.74) is 14.8. The number of nitrogens with two attached hydrogens (primary N) is 2. The van der Waals surface area contributed by atoms with Crippen molar-refractivity contribution in [1.82, 2.24) is 4.98 Å². The van der Waals surface area contributed by atoms with E-state index in [0.717, 1.165) is 21.3 Å². The summed E-state index contributed by atoms with van der Waals surface area (Å²) >= 11 is 3.44. The molecule has 1 heterocycles. The summed E-state index contributed by atoms with van der Waals surface area (Å²) < 4.78 is 1.03. The average Bonchev–Trinajstić information content (AvgIpc) is 2.32. The molecule has 0 aliphatic heterocycles. The molecule has 0 saturated carbocycles. The number of pyridine rings is 1. The topological polar surface area (TPSA) is 64.9 Å². The molecule has 2 aromatic rings. The molecule has 4 N–H and O–H groups in total. The third-order valence-electron chi connectivity index (χ3n) is 2.66. The molecule has 88 valence electrons. The molecule has 4 heteroatoms. The van der Waals surface area contributed by atoms with Crippen LogP contribution < -0.4 is 11.5 Å². The van der Waals surface area contributed by atoms with E-state index in [2.05, 4.69) is 20.9 Å². The summed E-state index contributed by atoms with van der Waals surface area (Å²) in [6, 6.07) is 9.72. The van der Waals surface area contributed by atoms with E-state index < -0.39 is 0 Å². The maximum Gasteiger partial charge on any atom is 0.0378 e. The molecule has 0 aliphatic carbocycles. The summed E-state index contributed by atoms with van der Waals surface area (Å²) in [6.45, 7) is 0. The molecule has 1 aromatic heterocycles. The first-order chi connectivity index (χ1) is 8.16. The van der Waals surface area contributed by atoms with Gasteiger partial charge in [0, 0.05) is 28.6 Å². The molecule has 17 heavy (non-hydrogen) atoms. The minimum Gasteiger partial charge on any atom is -0.398 e. The number of anilines is 1. The van der Waals surface area contributed by atoms with Crippen molar-refractivity contribution in [2.75, 3.05) is 5.73 Å². The van der Waals surface area contributed by atoms with E-state index in [-0.39, 0.29) is 6.04 Å². The van der Waals surface area contributed by atoms with Crippen LogP contribution in [0, 0.1) is 0 Å². The molecule has 1 atom stereocenters. The van der Waals surface area contributed by atoms with Crippen molar-refractivity contribution in [1.29, 1.82) is 0 Å². The highest BCUT2D eigenvalue weighted by Gasteiger charge is 2.09. The van der Waals surface area contributed by atoms with Crippen LogP contribution in [-0.2, 0) is 6.42 Å². The van der Waals surface area contributed by atoms with Gasteiger partial charge in [-0.1, -0.05) is 28.1 Å². The Kier molecular flexibility index (Phi) is 3.76. The summed E-state index contributed by atoms with van der Waals surface area (Å²) in [5.74, 6) is 0. The monoisotopic (exact) mass is 291 g/mol. The van der Waals surface area contributed by atoms with Gasteiger partial charge >= 0.3 is 0 Å². The SMILES string of the molecule is Nc1ccncc1CC(N)c1cccc(Br)c1. The Labute approximate surface area is 109 Å². The Morgan fingerprint density at radius 3 is 2.82 bits per heavy atom. The van der Waals surface area contributed by atoms with Gasteiger partial charge in [0.05, 0.1) is 0 Å². The highest BCUT2D eigenvalue weighted by atomic mass is 79.9. The number of hydrogen-bond acceptors (Lipinski definition) is 3. The molecule has 1 aromatic carbocycles. The van der Waals surface area contributed by atoms with Gasteiger partial charge in [-0.25, -0.2) is 0 Å². The van der Waals surface area contributed by atoms with Crippen LogP contribution >= 0.6 is 15.9 Å². The van der Waals surface area contributed by atoms with Crippen molar-refractivity contribution in [3.8, 4) is 0 Å². The predicted octanol–water partition coefficient (Wildman–Crippen LogP) is 2.67. The van der Waals surface area contributed by atoms with E-state index in [1.165, 1.54) is 0 Å². The molecule has 0 bridgehead atoms. The van der Waals surface area contributed by atoms with Gasteiger partial charge in [0.1, 0.15) is 0 Å². The largest absolute Gasteiger partial charge is 0.398 e. The van der Waals surface area contributed by atoms with Crippen LogP contribution in [-0.4, -0.2) is 4.98 Å². The van der Waals surface area contributed by atoms with Gasteiger partial charge in [0.25, 0.3) is 0 Å². The molecular weight excluding hydrogens is 278 g/mol. The van der Waals surface area contributed by atoms with E-state index in [4.69, 9.17) is 11.5 Å². The molecule has 0 radical (unpaired) electrons. The third-order valence-corrected chi connectivity index (χ3v) is 3.15. The molecule has 0 fully saturated rings. The first-order valence-electron chi connectivity index (χ1n) is 5.36. The summed E-state index contributed by atoms with van der Waals surface area (Å²) in [6.07, 6.45) is 4.15. The molecule has 1 unspecified atom stereocenters. The van der Waals surface area contributed by atoms with Gasteiger partial charge in [-0.05, 0) is 35.7 Å². The number of hydrogen-bond donors (Lipinski definition) is 2. The molecule has 3 nitrogen and oxygen atoms in total. The van der Waals surface area contributed by atoms with Gasteiger partial charge in [0.2, 0.25) is 0 Å². The molecule has 0 spiro atoms. The van der Waals surface area contributed by atoms with Crippen LogP contribution in [0.5, 0.6) is 0 Å². The van der Waals surface area contributed by atoms with Crippen molar-refractivity contribution in [2.45, 2.75) is 12.5 Å². The number of nitrogens with zero attached hydrogens (tertiary/aromatic N) is 1. The minimum absolute atomic E-state index is 0.0704. The van der Waals surface area contributed by atoms with Crippen LogP contribution in [0.15, 0.2) is 47.2 Å². The Bertz CT molecular complexity index is 514. The number of halogens is 1. The van der Waals surface area contributed by atoms with Crippen molar-refractivity contribution in [3.63, 3.8) is 0 Å². The molecular formula is C13H14BrN3. The minimum atomic E-state index is -0.0704. The Morgan fingerprint density at radius 2 is 2.12 bits per heavy atom.